The van der Waals surface area contributed by atoms with Crippen LogP contribution in [0, 0.1) is 13.8 Å². The van der Waals surface area contributed by atoms with Gasteiger partial charge in [-0.3, -0.25) is 14.6 Å². The summed E-state index contributed by atoms with van der Waals surface area (Å²) < 4.78 is 1.83. The fourth-order valence-corrected chi connectivity index (χ4v) is 4.09. The number of aromatic nitrogens is 4. The Morgan fingerprint density at radius 1 is 1.21 bits per heavy atom. The highest BCUT2D eigenvalue weighted by atomic mass is 16.2. The van der Waals surface area contributed by atoms with Gasteiger partial charge in [0.1, 0.15) is 5.69 Å². The fourth-order valence-electron chi connectivity index (χ4n) is 4.09. The Morgan fingerprint density at radius 3 is 2.59 bits per heavy atom. The normalized spacial score (nSPS) is 15.6. The average molecular weight is 393 g/mol. The van der Waals surface area contributed by atoms with Crippen molar-refractivity contribution in [3.05, 3.63) is 59.0 Å². The molecule has 3 heterocycles. The van der Waals surface area contributed by atoms with Crippen LogP contribution < -0.4 is 5.32 Å². The van der Waals surface area contributed by atoms with Crippen LogP contribution in [0.3, 0.4) is 0 Å². The Labute approximate surface area is 171 Å². The van der Waals surface area contributed by atoms with E-state index in [1.165, 1.54) is 12.8 Å². The summed E-state index contributed by atoms with van der Waals surface area (Å²) in [6, 6.07) is 11.9. The van der Waals surface area contributed by atoms with Gasteiger partial charge >= 0.3 is 0 Å². The Bertz CT molecular complexity index is 984. The summed E-state index contributed by atoms with van der Waals surface area (Å²) in [6.07, 6.45) is 2.45. The van der Waals surface area contributed by atoms with E-state index in [-0.39, 0.29) is 11.9 Å². The number of aryl methyl sites for hydroxylation is 2. The van der Waals surface area contributed by atoms with E-state index >= 15 is 0 Å². The van der Waals surface area contributed by atoms with Crippen molar-refractivity contribution in [2.45, 2.75) is 32.7 Å². The molecule has 0 saturated carbocycles. The van der Waals surface area contributed by atoms with Gasteiger partial charge in [-0.15, -0.1) is 0 Å². The van der Waals surface area contributed by atoms with Crippen LogP contribution in [-0.2, 0) is 7.05 Å². The first-order valence-electron chi connectivity index (χ1n) is 10.2. The Kier molecular flexibility index (Phi) is 5.49. The quantitative estimate of drug-likeness (QED) is 0.676. The topological polar surface area (TPSA) is 78.8 Å². The molecule has 2 aromatic heterocycles. The first-order chi connectivity index (χ1) is 14.0. The van der Waals surface area contributed by atoms with Crippen molar-refractivity contribution in [3.63, 3.8) is 0 Å². The van der Waals surface area contributed by atoms with Gasteiger partial charge in [-0.1, -0.05) is 30.3 Å². The van der Waals surface area contributed by atoms with Crippen molar-refractivity contribution in [2.75, 3.05) is 19.6 Å². The molecule has 0 radical (unpaired) electrons. The van der Waals surface area contributed by atoms with Crippen molar-refractivity contribution in [1.82, 2.24) is 30.2 Å². The molecule has 1 atom stereocenters. The minimum absolute atomic E-state index is 0.0598. The van der Waals surface area contributed by atoms with Crippen LogP contribution in [0.25, 0.3) is 11.3 Å². The molecule has 3 aromatic rings. The fraction of sp³-hybridized carbons (Fsp3) is 0.409. The maximum absolute atomic E-state index is 13.0. The molecule has 0 bridgehead atoms. The van der Waals surface area contributed by atoms with Crippen molar-refractivity contribution < 1.29 is 4.79 Å². The van der Waals surface area contributed by atoms with E-state index in [0.717, 1.165) is 47.8 Å². The third kappa shape index (κ3) is 4.10. The molecule has 1 aliphatic heterocycles. The predicted octanol–water partition coefficient (Wildman–Crippen LogP) is 2.99. The second-order valence-corrected chi connectivity index (χ2v) is 7.78. The highest BCUT2D eigenvalue weighted by molar-refractivity contribution is 5.93. The van der Waals surface area contributed by atoms with Crippen LogP contribution in [0.2, 0.25) is 0 Å². The molecular formula is C22H28N6O. The molecule has 1 aliphatic rings. The van der Waals surface area contributed by atoms with E-state index in [2.05, 4.69) is 37.6 Å². The largest absolute Gasteiger partial charge is 0.343 e. The monoisotopic (exact) mass is 392 g/mol. The number of nitrogens with zero attached hydrogens (tertiary/aromatic N) is 4. The van der Waals surface area contributed by atoms with Crippen LogP contribution >= 0.6 is 0 Å². The van der Waals surface area contributed by atoms with Crippen molar-refractivity contribution in [3.8, 4) is 11.3 Å². The van der Waals surface area contributed by atoms with Crippen LogP contribution in [0.4, 0.5) is 0 Å². The van der Waals surface area contributed by atoms with E-state index in [9.17, 15) is 4.79 Å². The summed E-state index contributed by atoms with van der Waals surface area (Å²) in [5, 5.41) is 14.9. The molecule has 29 heavy (non-hydrogen) atoms. The highest BCUT2D eigenvalue weighted by Crippen LogP contribution is 2.25. The minimum Gasteiger partial charge on any atom is -0.343 e. The van der Waals surface area contributed by atoms with E-state index in [1.807, 2.05) is 49.8 Å². The predicted molar refractivity (Wildman–Crippen MR) is 113 cm³/mol. The number of H-pyrrole nitrogens is 1. The summed E-state index contributed by atoms with van der Waals surface area (Å²) in [4.78, 5) is 15.4. The lowest BCUT2D eigenvalue weighted by atomic mass is 10.1. The Hall–Kier alpha value is -2.93. The molecule has 1 fully saturated rings. The molecule has 7 heteroatoms. The number of aromatic amines is 1. The molecule has 1 aromatic carbocycles. The number of likely N-dealkylation sites (tertiary alicyclic amines) is 1. The zero-order valence-corrected chi connectivity index (χ0v) is 17.3. The molecule has 0 spiro atoms. The second kappa shape index (κ2) is 8.21. The molecule has 7 nitrogen and oxygen atoms in total. The third-order valence-corrected chi connectivity index (χ3v) is 5.73. The number of carbonyl (C=O) groups excluding carboxylic acids is 1. The zero-order valence-electron chi connectivity index (χ0n) is 17.3. The number of hydrogen-bond donors (Lipinski definition) is 2. The molecule has 1 amide bonds. The van der Waals surface area contributed by atoms with Crippen molar-refractivity contribution in [1.29, 1.82) is 0 Å². The van der Waals surface area contributed by atoms with Gasteiger partial charge in [-0.05, 0) is 51.4 Å². The molecular weight excluding hydrogens is 364 g/mol. The average Bonchev–Trinajstić information content (AvgIpc) is 3.44. The number of rotatable bonds is 6. The number of carbonyl (C=O) groups is 1. The number of hydrogen-bond acceptors (Lipinski definition) is 4. The van der Waals surface area contributed by atoms with Crippen LogP contribution in [-0.4, -0.2) is 50.4 Å². The lowest BCUT2D eigenvalue weighted by Gasteiger charge is -2.24. The maximum Gasteiger partial charge on any atom is 0.269 e. The second-order valence-electron chi connectivity index (χ2n) is 7.78. The third-order valence-electron chi connectivity index (χ3n) is 5.73. The van der Waals surface area contributed by atoms with Crippen LogP contribution in [0.15, 0.2) is 36.4 Å². The molecule has 0 aliphatic carbocycles. The number of benzene rings is 1. The SMILES string of the molecule is Cc1nn(C)c(C)c1-c1cc(C(=O)NC(CN2CCCC2)c2ccccc2)[nH]n1. The number of amides is 1. The number of nitrogens with one attached hydrogen (secondary N) is 2. The molecule has 152 valence electrons. The first kappa shape index (κ1) is 19.4. The van der Waals surface area contributed by atoms with Gasteiger partial charge in [-0.25, -0.2) is 0 Å². The van der Waals surface area contributed by atoms with E-state index < -0.39 is 0 Å². The molecule has 1 unspecified atom stereocenters. The highest BCUT2D eigenvalue weighted by Gasteiger charge is 2.23. The summed E-state index contributed by atoms with van der Waals surface area (Å²) in [7, 11) is 1.91. The van der Waals surface area contributed by atoms with E-state index in [0.29, 0.717) is 5.69 Å². The Morgan fingerprint density at radius 2 is 1.93 bits per heavy atom. The van der Waals surface area contributed by atoms with Crippen LogP contribution in [0.5, 0.6) is 0 Å². The van der Waals surface area contributed by atoms with E-state index in [1.54, 1.807) is 0 Å². The minimum atomic E-state index is -0.143. The van der Waals surface area contributed by atoms with Crippen molar-refractivity contribution in [2.24, 2.45) is 7.05 Å². The summed E-state index contributed by atoms with van der Waals surface area (Å²) in [6.45, 7) is 6.96. The molecule has 2 N–H and O–H groups in total. The summed E-state index contributed by atoms with van der Waals surface area (Å²) >= 11 is 0. The van der Waals surface area contributed by atoms with Gasteiger partial charge in [0, 0.05) is 24.8 Å². The maximum atomic E-state index is 13.0. The lowest BCUT2D eigenvalue weighted by Crippen LogP contribution is -2.37. The first-order valence-corrected chi connectivity index (χ1v) is 10.2. The van der Waals surface area contributed by atoms with Gasteiger partial charge in [-0.2, -0.15) is 10.2 Å². The zero-order chi connectivity index (χ0) is 20.4. The van der Waals surface area contributed by atoms with Crippen LogP contribution in [0.1, 0.15) is 46.3 Å². The Balaban J connectivity index is 1.54. The smallest absolute Gasteiger partial charge is 0.269 e. The van der Waals surface area contributed by atoms with Gasteiger partial charge in [0.2, 0.25) is 0 Å². The van der Waals surface area contributed by atoms with Crippen molar-refractivity contribution >= 4 is 5.91 Å². The molecule has 1 saturated heterocycles. The van der Waals surface area contributed by atoms with E-state index in [4.69, 9.17) is 0 Å². The van der Waals surface area contributed by atoms with Gasteiger partial charge in [0.05, 0.1) is 17.4 Å². The molecule has 4 rings (SSSR count). The standard InChI is InChI=1S/C22H28N6O/c1-15-21(16(2)27(3)26-15)18-13-19(25-24-18)22(29)23-20(14-28-11-7-8-12-28)17-9-5-4-6-10-17/h4-6,9-10,13,20H,7-8,11-12,14H2,1-3H3,(H,23,29)(H,24,25). The van der Waals surface area contributed by atoms with Gasteiger partial charge < -0.3 is 10.2 Å². The summed E-state index contributed by atoms with van der Waals surface area (Å²) in [5.41, 5.74) is 5.22. The lowest BCUT2D eigenvalue weighted by molar-refractivity contribution is 0.0922. The van der Waals surface area contributed by atoms with Gasteiger partial charge in [0.15, 0.2) is 0 Å². The van der Waals surface area contributed by atoms with Gasteiger partial charge in [0.25, 0.3) is 5.91 Å². The summed E-state index contributed by atoms with van der Waals surface area (Å²) in [5.74, 6) is -0.143.